The van der Waals surface area contributed by atoms with E-state index in [0.717, 1.165) is 19.4 Å². The standard InChI is InChI=1S/C59H102N16O13/c1-35(2)31-43(53(82)69-41(23-15-29-66-59(63)64)52(81)72-45(33-37-17-6-5-7-18-37)55(84)74-46(58(87)88)34-48(76)77)71-51(80)40(20-9-12-26-61)67-50(79)39(19-8-11-25-60)68-54(83)44(32-36(3)4)73-56(85)47-24-16-30-75(47)57(86)42(21-10-13-27-62)70-49(78)38-22-14-28-65-38/h5-7,17-18,35-36,38-47,59,65-66H,8-16,19-34,60-64H2,1-4H3,(H,67,79)(H,68,83)(H,69,82)(H,70,78)(H,71,80)(H,72,81)(H,73,85)(H,74,84)(H,76,77)(H,87,88)/p+4/t38-,39-,40-,41-,42-,43-,44-,45-,46-,47-/m0/s1. The van der Waals surface area contributed by atoms with Crippen molar-refractivity contribution in [3.05, 3.63) is 35.9 Å². The molecule has 0 aliphatic carbocycles. The van der Waals surface area contributed by atoms with Crippen molar-refractivity contribution in [2.45, 2.75) is 216 Å². The number of quaternary nitrogens is 4. The van der Waals surface area contributed by atoms with Gasteiger partial charge in [-0.05, 0) is 120 Å². The number of nitrogens with two attached hydrogens (primary N) is 3. The molecule has 0 unspecified atom stereocenters. The molecular weight excluding hydrogens is 1140 g/mol. The fourth-order valence-corrected chi connectivity index (χ4v) is 10.8. The van der Waals surface area contributed by atoms with Crippen LogP contribution in [0.15, 0.2) is 30.3 Å². The first-order chi connectivity index (χ1) is 41.9. The second-order valence-corrected chi connectivity index (χ2v) is 24.0. The van der Waals surface area contributed by atoms with Crippen molar-refractivity contribution in [2.24, 2.45) is 23.3 Å². The van der Waals surface area contributed by atoms with Crippen molar-refractivity contribution in [2.75, 3.05) is 39.3 Å². The molecule has 2 saturated heterocycles. The predicted molar refractivity (Wildman–Crippen MR) is 323 cm³/mol. The number of carboxylic acid groups (broad SMARTS) is 2. The average molecular weight is 1250 g/mol. The molecule has 1 aromatic carbocycles. The van der Waals surface area contributed by atoms with Crippen LogP contribution >= 0.6 is 0 Å². The summed E-state index contributed by atoms with van der Waals surface area (Å²) in [5.41, 5.74) is 23.7. The Hall–Kier alpha value is -6.89. The Morgan fingerprint density at radius 2 is 0.989 bits per heavy atom. The number of rotatable bonds is 43. The topological polar surface area (TPSA) is 491 Å². The van der Waals surface area contributed by atoms with Gasteiger partial charge in [0.2, 0.25) is 47.3 Å². The number of hydrogen-bond donors (Lipinski definition) is 17. The van der Waals surface area contributed by atoms with Gasteiger partial charge in [-0.25, -0.2) is 4.79 Å². The highest BCUT2D eigenvalue weighted by molar-refractivity contribution is 5.99. The molecule has 0 saturated carbocycles. The maximum absolute atomic E-state index is 14.6. The van der Waals surface area contributed by atoms with Gasteiger partial charge in [0, 0.05) is 25.8 Å². The highest BCUT2D eigenvalue weighted by Gasteiger charge is 2.41. The number of benzene rings is 1. The van der Waals surface area contributed by atoms with E-state index in [4.69, 9.17) is 11.5 Å². The average Bonchev–Trinajstić information content (AvgIpc) is 4.31. The lowest BCUT2D eigenvalue weighted by Crippen LogP contribution is -2.89. The molecule has 2 heterocycles. The summed E-state index contributed by atoms with van der Waals surface area (Å²) in [5.74, 6) is -9.30. The van der Waals surface area contributed by atoms with Crippen LogP contribution in [0.4, 0.5) is 0 Å². The number of carboxylic acids is 2. The van der Waals surface area contributed by atoms with E-state index in [1.165, 1.54) is 4.90 Å². The molecule has 29 nitrogen and oxygen atoms in total. The minimum absolute atomic E-state index is 0.0558. The third kappa shape index (κ3) is 27.7. The van der Waals surface area contributed by atoms with Crippen LogP contribution in [0.1, 0.15) is 149 Å². The first kappa shape index (κ1) is 75.4. The summed E-state index contributed by atoms with van der Waals surface area (Å²) in [7, 11) is 0. The number of carbonyl (C=O) groups is 11. The molecule has 0 spiro atoms. The van der Waals surface area contributed by atoms with Gasteiger partial charge in [-0.3, -0.25) is 53.3 Å². The summed E-state index contributed by atoms with van der Waals surface area (Å²) >= 11 is 0. The number of nitrogens with one attached hydrogen (secondary N) is 9. The van der Waals surface area contributed by atoms with Crippen molar-refractivity contribution in [1.82, 2.24) is 52.8 Å². The zero-order chi connectivity index (χ0) is 65.3. The largest absolute Gasteiger partial charge is 0.481 e. The molecule has 2 fully saturated rings. The number of hydrogen-bond acceptors (Lipinski definition) is 14. The first-order valence-corrected chi connectivity index (χ1v) is 31.6. The van der Waals surface area contributed by atoms with E-state index in [-0.39, 0.29) is 87.7 Å². The molecule has 496 valence electrons. The van der Waals surface area contributed by atoms with Crippen LogP contribution in [0.2, 0.25) is 0 Å². The summed E-state index contributed by atoms with van der Waals surface area (Å²) in [6.07, 6.45) is 4.90. The minimum atomic E-state index is -1.84. The normalized spacial score (nSPS) is 17.6. The number of amides is 9. The van der Waals surface area contributed by atoms with Crippen LogP contribution in [-0.2, 0) is 59.2 Å². The van der Waals surface area contributed by atoms with Crippen LogP contribution in [0.5, 0.6) is 0 Å². The summed E-state index contributed by atoms with van der Waals surface area (Å²) in [6, 6.07) is -3.15. The fraction of sp³-hybridized carbons (Fsp3) is 0.712. The van der Waals surface area contributed by atoms with Crippen LogP contribution in [-0.4, -0.2) is 186 Å². The molecule has 0 radical (unpaired) electrons. The predicted octanol–water partition coefficient (Wildman–Crippen LogP) is -5.72. The van der Waals surface area contributed by atoms with E-state index in [9.17, 15) is 63.0 Å². The van der Waals surface area contributed by atoms with Gasteiger partial charge in [0.1, 0.15) is 60.7 Å². The van der Waals surface area contributed by atoms with Crippen molar-refractivity contribution < 1.29 is 85.5 Å². The van der Waals surface area contributed by atoms with Crippen LogP contribution < -0.4 is 81.8 Å². The Morgan fingerprint density at radius 1 is 0.545 bits per heavy atom. The Labute approximate surface area is 516 Å². The number of nitrogens with zero attached hydrogens (tertiary/aromatic N) is 1. The summed E-state index contributed by atoms with van der Waals surface area (Å²) in [5, 5.41) is 45.8. The van der Waals surface area contributed by atoms with E-state index in [0.29, 0.717) is 83.0 Å². The monoisotopic (exact) mass is 1250 g/mol. The lowest BCUT2D eigenvalue weighted by molar-refractivity contribution is -0.657. The molecule has 0 bridgehead atoms. The second-order valence-electron chi connectivity index (χ2n) is 24.0. The van der Waals surface area contributed by atoms with Gasteiger partial charge in [-0.2, -0.15) is 0 Å². The number of carbonyl (C=O) groups excluding carboxylic acids is 9. The Kier molecular flexibility index (Phi) is 34.8. The van der Waals surface area contributed by atoms with Gasteiger partial charge in [0.05, 0.1) is 32.6 Å². The Morgan fingerprint density at radius 3 is 1.45 bits per heavy atom. The zero-order valence-electron chi connectivity index (χ0n) is 52.3. The maximum Gasteiger partial charge on any atom is 0.326 e. The van der Waals surface area contributed by atoms with Gasteiger partial charge in [-0.15, -0.1) is 0 Å². The molecule has 3 rings (SSSR count). The van der Waals surface area contributed by atoms with Crippen molar-refractivity contribution in [3.8, 4) is 0 Å². The summed E-state index contributed by atoms with van der Waals surface area (Å²) in [4.78, 5) is 153. The molecule has 26 N–H and O–H groups in total. The molecular formula is C59H106N16O13+4. The van der Waals surface area contributed by atoms with Crippen LogP contribution in [0, 0.1) is 11.8 Å². The molecule has 0 aromatic heterocycles. The van der Waals surface area contributed by atoms with Crippen LogP contribution in [0.3, 0.4) is 0 Å². The van der Waals surface area contributed by atoms with E-state index < -0.39 is 120 Å². The molecule has 88 heavy (non-hydrogen) atoms. The number of unbranched alkanes of at least 4 members (excludes halogenated alkanes) is 3. The van der Waals surface area contributed by atoms with Gasteiger partial charge in [0.25, 0.3) is 5.91 Å². The molecule has 2 aliphatic rings. The molecule has 10 atom stereocenters. The Balaban J connectivity index is 1.91. The van der Waals surface area contributed by atoms with Crippen LogP contribution in [0.25, 0.3) is 0 Å². The van der Waals surface area contributed by atoms with Gasteiger partial charge in [0.15, 0.2) is 6.04 Å². The lowest BCUT2D eigenvalue weighted by atomic mass is 9.99. The second kappa shape index (κ2) is 40.6. The van der Waals surface area contributed by atoms with Crippen molar-refractivity contribution in [3.63, 3.8) is 0 Å². The smallest absolute Gasteiger partial charge is 0.326 e. The number of likely N-dealkylation sites (tertiary alicyclic amines) is 1. The quantitative estimate of drug-likeness (QED) is 0.0214. The van der Waals surface area contributed by atoms with Gasteiger partial charge < -0.3 is 91.6 Å². The highest BCUT2D eigenvalue weighted by atomic mass is 16.4. The minimum Gasteiger partial charge on any atom is -0.481 e. The van der Waals surface area contributed by atoms with Crippen molar-refractivity contribution in [1.29, 1.82) is 0 Å². The molecule has 9 amide bonds. The van der Waals surface area contributed by atoms with Gasteiger partial charge >= 0.3 is 11.9 Å². The third-order valence-electron chi connectivity index (χ3n) is 15.5. The fourth-order valence-electron chi connectivity index (χ4n) is 10.8. The highest BCUT2D eigenvalue weighted by Crippen LogP contribution is 2.22. The zero-order valence-corrected chi connectivity index (χ0v) is 52.3. The summed E-state index contributed by atoms with van der Waals surface area (Å²) in [6.45, 7) is 10.4. The lowest BCUT2D eigenvalue weighted by Gasteiger charge is -2.31. The van der Waals surface area contributed by atoms with E-state index in [1.807, 2.05) is 33.0 Å². The maximum atomic E-state index is 14.6. The third-order valence-corrected chi connectivity index (χ3v) is 15.5. The SMILES string of the molecule is CC(C)C[C@H](NC(=O)[C@H](CCCC[NH3+])NC(=O)[C@H](CCCC[NH3+])NC(=O)[C@H](CC(C)C)NC(=O)[C@@H]1CCCN1C(=O)[C@H](CCCC[NH3+])NC(=O)[C@@H]1CCC[NH2+]1)C(=O)N[C@@H](CCCNC(N)N)C(=O)N[C@@H](Cc1ccccc1)C(=O)N[C@@H](CC(=O)O)C(=O)O. The summed E-state index contributed by atoms with van der Waals surface area (Å²) < 4.78 is 0. The molecule has 2 aliphatic heterocycles. The molecule has 1 aromatic rings. The van der Waals surface area contributed by atoms with Gasteiger partial charge in [-0.1, -0.05) is 58.0 Å². The first-order valence-electron chi connectivity index (χ1n) is 31.6. The van der Waals surface area contributed by atoms with E-state index in [2.05, 4.69) is 65.1 Å². The van der Waals surface area contributed by atoms with E-state index in [1.54, 1.807) is 30.3 Å². The number of aliphatic carboxylic acids is 2. The molecule has 29 heteroatoms. The van der Waals surface area contributed by atoms with Crippen molar-refractivity contribution >= 4 is 65.1 Å². The van der Waals surface area contributed by atoms with E-state index >= 15 is 0 Å². The Bertz CT molecular complexity index is 2400.